The molecule has 4 nitrogen and oxygen atoms in total. The van der Waals surface area contributed by atoms with Crippen LogP contribution in [-0.2, 0) is 17.8 Å². The van der Waals surface area contributed by atoms with E-state index in [0.29, 0.717) is 13.0 Å². The molecule has 0 aliphatic heterocycles. The van der Waals surface area contributed by atoms with Gasteiger partial charge in [-0.05, 0) is 12.8 Å². The Bertz CT molecular complexity index is 347. The number of imidazole rings is 1. The van der Waals surface area contributed by atoms with Crippen molar-refractivity contribution in [3.05, 3.63) is 17.7 Å². The van der Waals surface area contributed by atoms with E-state index >= 15 is 0 Å². The summed E-state index contributed by atoms with van der Waals surface area (Å²) < 4.78 is 0. The van der Waals surface area contributed by atoms with E-state index in [0.717, 1.165) is 30.8 Å². The normalized spacial score (nSPS) is 10.6. The third-order valence-electron chi connectivity index (χ3n) is 3.02. The predicted molar refractivity (Wildman–Crippen MR) is 73.2 cm³/mol. The number of aromatic amines is 1. The zero-order valence-electron chi connectivity index (χ0n) is 11.6. The number of nitrogens with one attached hydrogen (secondary N) is 2. The Morgan fingerprint density at radius 3 is 2.72 bits per heavy atom. The van der Waals surface area contributed by atoms with Gasteiger partial charge >= 0.3 is 0 Å². The van der Waals surface area contributed by atoms with E-state index in [9.17, 15) is 4.79 Å². The molecule has 1 amide bonds. The maximum absolute atomic E-state index is 11.6. The highest BCUT2D eigenvalue weighted by Gasteiger charge is 2.03. The van der Waals surface area contributed by atoms with Crippen molar-refractivity contribution in [3.63, 3.8) is 0 Å². The number of unbranched alkanes of at least 4 members (excludes halogenated alkanes) is 4. The maximum Gasteiger partial charge on any atom is 0.220 e. The van der Waals surface area contributed by atoms with Gasteiger partial charge < -0.3 is 10.3 Å². The van der Waals surface area contributed by atoms with Gasteiger partial charge in [0, 0.05) is 18.3 Å². The second-order valence-corrected chi connectivity index (χ2v) is 4.65. The lowest BCUT2D eigenvalue weighted by molar-refractivity contribution is -0.121. The highest BCUT2D eigenvalue weighted by atomic mass is 16.1. The molecule has 0 saturated heterocycles. The van der Waals surface area contributed by atoms with Gasteiger partial charge in [-0.3, -0.25) is 4.79 Å². The molecule has 18 heavy (non-hydrogen) atoms. The third kappa shape index (κ3) is 5.84. The summed E-state index contributed by atoms with van der Waals surface area (Å²) in [6.45, 7) is 4.78. The van der Waals surface area contributed by atoms with Gasteiger partial charge in [-0.15, -0.1) is 0 Å². The lowest BCUT2D eigenvalue weighted by atomic mass is 10.1. The third-order valence-corrected chi connectivity index (χ3v) is 3.02. The number of aromatic nitrogens is 2. The van der Waals surface area contributed by atoms with Crippen LogP contribution in [0.2, 0.25) is 0 Å². The minimum Gasteiger partial charge on any atom is -0.349 e. The lowest BCUT2D eigenvalue weighted by Crippen LogP contribution is -2.22. The second-order valence-electron chi connectivity index (χ2n) is 4.65. The first-order chi connectivity index (χ1) is 8.76. The first-order valence-electron chi connectivity index (χ1n) is 7.05. The van der Waals surface area contributed by atoms with Crippen LogP contribution in [0.25, 0.3) is 0 Å². The molecule has 1 aromatic rings. The van der Waals surface area contributed by atoms with Gasteiger partial charge in [0.2, 0.25) is 5.91 Å². The Morgan fingerprint density at radius 1 is 1.28 bits per heavy atom. The summed E-state index contributed by atoms with van der Waals surface area (Å²) in [6.07, 6.45) is 9.29. The van der Waals surface area contributed by atoms with E-state index < -0.39 is 0 Å². The fraction of sp³-hybridized carbons (Fsp3) is 0.714. The van der Waals surface area contributed by atoms with E-state index in [2.05, 4.69) is 29.1 Å². The van der Waals surface area contributed by atoms with Gasteiger partial charge in [0.25, 0.3) is 0 Å². The van der Waals surface area contributed by atoms with Gasteiger partial charge in [0.05, 0.1) is 6.54 Å². The van der Waals surface area contributed by atoms with Crippen molar-refractivity contribution in [1.29, 1.82) is 0 Å². The van der Waals surface area contributed by atoms with Crippen LogP contribution in [0.1, 0.15) is 63.9 Å². The monoisotopic (exact) mass is 251 g/mol. The van der Waals surface area contributed by atoms with Crippen molar-refractivity contribution >= 4 is 5.91 Å². The van der Waals surface area contributed by atoms with Crippen molar-refractivity contribution < 1.29 is 4.79 Å². The largest absolute Gasteiger partial charge is 0.349 e. The average Bonchev–Trinajstić information content (AvgIpc) is 2.84. The number of aryl methyl sites for hydroxylation is 1. The Morgan fingerprint density at radius 2 is 2.06 bits per heavy atom. The van der Waals surface area contributed by atoms with E-state index in [1.54, 1.807) is 0 Å². The first kappa shape index (κ1) is 14.7. The van der Waals surface area contributed by atoms with Gasteiger partial charge in [-0.2, -0.15) is 0 Å². The van der Waals surface area contributed by atoms with Crippen LogP contribution in [0, 0.1) is 0 Å². The predicted octanol–water partition coefficient (Wildman–Crippen LogP) is 2.95. The molecule has 1 aromatic heterocycles. The van der Waals surface area contributed by atoms with E-state index in [1.807, 2.05) is 6.20 Å². The molecular formula is C14H25N3O. The molecule has 0 aliphatic rings. The number of rotatable bonds is 9. The summed E-state index contributed by atoms with van der Waals surface area (Å²) >= 11 is 0. The van der Waals surface area contributed by atoms with Crippen LogP contribution in [0.5, 0.6) is 0 Å². The van der Waals surface area contributed by atoms with Crippen LogP contribution in [0.3, 0.4) is 0 Å². The molecule has 0 radical (unpaired) electrons. The van der Waals surface area contributed by atoms with E-state index in [1.165, 1.54) is 19.3 Å². The zero-order chi connectivity index (χ0) is 13.2. The first-order valence-corrected chi connectivity index (χ1v) is 7.05. The summed E-state index contributed by atoms with van der Waals surface area (Å²) in [5, 5.41) is 2.89. The molecular weight excluding hydrogens is 226 g/mol. The summed E-state index contributed by atoms with van der Waals surface area (Å²) in [5.74, 6) is 0.965. The minimum absolute atomic E-state index is 0.126. The average molecular weight is 251 g/mol. The molecule has 0 atom stereocenters. The standard InChI is InChI=1S/C14H25N3O/c1-3-5-6-7-8-9-14(18)16-11-13-15-10-12(4-2)17-13/h10H,3-9,11H2,1-2H3,(H,15,17)(H,16,18). The van der Waals surface area contributed by atoms with Crippen molar-refractivity contribution in [3.8, 4) is 0 Å². The van der Waals surface area contributed by atoms with Crippen molar-refractivity contribution in [2.45, 2.75) is 65.3 Å². The number of H-pyrrole nitrogens is 1. The highest BCUT2D eigenvalue weighted by molar-refractivity contribution is 5.75. The molecule has 2 N–H and O–H groups in total. The quantitative estimate of drug-likeness (QED) is 0.663. The molecule has 0 unspecified atom stereocenters. The summed E-state index contributed by atoms with van der Waals surface area (Å²) in [7, 11) is 0. The van der Waals surface area contributed by atoms with Crippen LogP contribution in [0.15, 0.2) is 6.20 Å². The highest BCUT2D eigenvalue weighted by Crippen LogP contribution is 2.05. The number of hydrogen-bond acceptors (Lipinski definition) is 2. The fourth-order valence-corrected chi connectivity index (χ4v) is 1.84. The van der Waals surface area contributed by atoms with Crippen LogP contribution < -0.4 is 5.32 Å². The molecule has 0 fully saturated rings. The molecule has 1 heterocycles. The molecule has 0 bridgehead atoms. The number of carbonyl (C=O) groups is 1. The lowest BCUT2D eigenvalue weighted by Gasteiger charge is -2.03. The Hall–Kier alpha value is -1.32. The molecule has 102 valence electrons. The van der Waals surface area contributed by atoms with Crippen molar-refractivity contribution in [2.75, 3.05) is 0 Å². The molecule has 1 rings (SSSR count). The maximum atomic E-state index is 11.6. The smallest absolute Gasteiger partial charge is 0.220 e. The van der Waals surface area contributed by atoms with Gasteiger partial charge in [0.15, 0.2) is 0 Å². The van der Waals surface area contributed by atoms with Crippen molar-refractivity contribution in [1.82, 2.24) is 15.3 Å². The number of hydrogen-bond donors (Lipinski definition) is 2. The Labute approximate surface area is 110 Å². The molecule has 0 aliphatic carbocycles. The SMILES string of the molecule is CCCCCCCC(=O)NCc1ncc(CC)[nH]1. The van der Waals surface area contributed by atoms with Gasteiger partial charge in [-0.25, -0.2) is 4.98 Å². The van der Waals surface area contributed by atoms with E-state index in [-0.39, 0.29) is 5.91 Å². The Kier molecular flexibility index (Phi) is 7.14. The summed E-state index contributed by atoms with van der Waals surface area (Å²) in [4.78, 5) is 19.0. The molecule has 4 heteroatoms. The summed E-state index contributed by atoms with van der Waals surface area (Å²) in [5.41, 5.74) is 1.11. The van der Waals surface area contributed by atoms with Crippen LogP contribution >= 0.6 is 0 Å². The van der Waals surface area contributed by atoms with Crippen molar-refractivity contribution in [2.24, 2.45) is 0 Å². The molecule has 0 saturated carbocycles. The minimum atomic E-state index is 0.126. The van der Waals surface area contributed by atoms with Crippen LogP contribution in [0.4, 0.5) is 0 Å². The van der Waals surface area contributed by atoms with Crippen LogP contribution in [-0.4, -0.2) is 15.9 Å². The number of carbonyl (C=O) groups excluding carboxylic acids is 1. The second kappa shape index (κ2) is 8.72. The van der Waals surface area contributed by atoms with E-state index in [4.69, 9.17) is 0 Å². The van der Waals surface area contributed by atoms with Gasteiger partial charge in [-0.1, -0.05) is 39.5 Å². The Balaban J connectivity index is 2.09. The topological polar surface area (TPSA) is 57.8 Å². The molecule has 0 spiro atoms. The fourth-order valence-electron chi connectivity index (χ4n) is 1.84. The summed E-state index contributed by atoms with van der Waals surface area (Å²) in [6, 6.07) is 0. The number of nitrogens with zero attached hydrogens (tertiary/aromatic N) is 1. The molecule has 0 aromatic carbocycles. The number of amides is 1. The van der Waals surface area contributed by atoms with Gasteiger partial charge in [0.1, 0.15) is 5.82 Å². The zero-order valence-corrected chi connectivity index (χ0v) is 11.6.